The topological polar surface area (TPSA) is 177 Å². The number of fused-ring (bicyclic) bond motifs is 1. The minimum atomic E-state index is -4.70. The standard InChI is InChI=1S/C46H52F3N9O6/c1-50-42(60)30-12-7-8-14-33(30)53-36-27-39(52-28-32(36)46(47,48)49)54-34-17-16-29(26-38(34)64-2)57-24-22-56(23-25-57)21-10-6-4-3-5-9-20-51-35-15-11-13-31-41(35)45(63)58(44(31)62)37-18-19-40(59)55-43(37)61/h7-8,11-17,26-28,37,51H,3-6,9-10,18-25H2,1-2H3,(H,50,60)(H2,52,53,54)(H,55,59,61). The number of aromatic nitrogens is 1. The molecule has 7 rings (SSSR count). The van der Waals surface area contributed by atoms with Gasteiger partial charge in [-0.3, -0.25) is 39.1 Å². The van der Waals surface area contributed by atoms with Crippen molar-refractivity contribution in [2.75, 3.05) is 74.3 Å². The fraction of sp³-hybridized carbons (Fsp3) is 0.391. The number of alkyl halides is 3. The zero-order chi connectivity index (χ0) is 45.4. The molecule has 338 valence electrons. The van der Waals surface area contributed by atoms with Gasteiger partial charge in [-0.2, -0.15) is 13.2 Å². The molecule has 18 heteroatoms. The summed E-state index contributed by atoms with van der Waals surface area (Å²) < 4.78 is 47.8. The lowest BCUT2D eigenvalue weighted by Crippen LogP contribution is -2.54. The molecule has 0 saturated carbocycles. The van der Waals surface area contributed by atoms with Gasteiger partial charge in [-0.1, -0.05) is 43.9 Å². The molecule has 1 atom stereocenters. The van der Waals surface area contributed by atoms with Gasteiger partial charge in [-0.05, 0) is 62.2 Å². The van der Waals surface area contributed by atoms with Gasteiger partial charge in [0.25, 0.3) is 17.7 Å². The van der Waals surface area contributed by atoms with Crippen molar-refractivity contribution in [3.8, 4) is 5.75 Å². The first kappa shape index (κ1) is 45.3. The number of unbranched alkanes of at least 4 members (excludes halogenated alkanes) is 5. The van der Waals surface area contributed by atoms with Gasteiger partial charge in [-0.25, -0.2) is 4.98 Å². The van der Waals surface area contributed by atoms with Gasteiger partial charge in [0.05, 0.1) is 46.4 Å². The fourth-order valence-corrected chi connectivity index (χ4v) is 8.32. The van der Waals surface area contributed by atoms with Crippen molar-refractivity contribution in [1.29, 1.82) is 0 Å². The van der Waals surface area contributed by atoms with E-state index < -0.39 is 47.3 Å². The molecule has 1 unspecified atom stereocenters. The number of benzene rings is 3. The molecule has 0 spiro atoms. The van der Waals surface area contributed by atoms with E-state index in [1.54, 1.807) is 30.3 Å². The summed E-state index contributed by atoms with van der Waals surface area (Å²) in [6.45, 7) is 5.12. The molecule has 5 N–H and O–H groups in total. The predicted octanol–water partition coefficient (Wildman–Crippen LogP) is 6.93. The third-order valence-corrected chi connectivity index (χ3v) is 11.7. The molecular weight excluding hydrogens is 832 g/mol. The molecule has 1 aromatic heterocycles. The van der Waals surface area contributed by atoms with Crippen LogP contribution < -0.4 is 36.2 Å². The highest BCUT2D eigenvalue weighted by molar-refractivity contribution is 6.25. The molecule has 4 aromatic rings. The minimum Gasteiger partial charge on any atom is -0.494 e. The van der Waals surface area contributed by atoms with Crippen LogP contribution in [-0.4, -0.2) is 104 Å². The SMILES string of the molecule is CNC(=O)c1ccccc1Nc1cc(Nc2ccc(N3CCN(CCCCCCCCNc4cccc5c4C(=O)N(C4CCC(=O)NC4=O)C5=O)CC3)cc2OC)ncc1C(F)(F)F. The van der Waals surface area contributed by atoms with Crippen LogP contribution in [0.3, 0.4) is 0 Å². The Morgan fingerprint density at radius 1 is 0.828 bits per heavy atom. The largest absolute Gasteiger partial charge is 0.494 e. The maximum atomic E-state index is 14.0. The molecule has 0 radical (unpaired) electrons. The Hall–Kier alpha value is -6.69. The number of piperidine rings is 1. The highest BCUT2D eigenvalue weighted by Crippen LogP contribution is 2.39. The first-order valence-corrected chi connectivity index (χ1v) is 21.5. The number of piperazine rings is 1. The van der Waals surface area contributed by atoms with Gasteiger partial charge in [-0.15, -0.1) is 0 Å². The molecule has 2 fully saturated rings. The molecule has 3 aliphatic rings. The van der Waals surface area contributed by atoms with Gasteiger partial charge in [0, 0.05) is 75.9 Å². The Morgan fingerprint density at radius 3 is 2.30 bits per heavy atom. The number of nitrogens with zero attached hydrogens (tertiary/aromatic N) is 4. The summed E-state index contributed by atoms with van der Waals surface area (Å²) in [5.74, 6) is -1.86. The number of pyridine rings is 1. The summed E-state index contributed by atoms with van der Waals surface area (Å²) in [5, 5.41) is 13.9. The molecule has 0 aliphatic carbocycles. The average Bonchev–Trinajstić information content (AvgIpc) is 3.54. The summed E-state index contributed by atoms with van der Waals surface area (Å²) in [7, 11) is 2.98. The van der Waals surface area contributed by atoms with E-state index >= 15 is 0 Å². The molecule has 0 bridgehead atoms. The Labute approximate surface area is 369 Å². The number of rotatable bonds is 18. The first-order chi connectivity index (χ1) is 30.9. The molecule has 15 nitrogen and oxygen atoms in total. The van der Waals surface area contributed by atoms with Crippen LogP contribution in [0.1, 0.15) is 88.0 Å². The number of carbonyl (C=O) groups is 5. The van der Waals surface area contributed by atoms with Gasteiger partial charge < -0.3 is 30.9 Å². The van der Waals surface area contributed by atoms with Crippen LogP contribution in [0, 0.1) is 0 Å². The van der Waals surface area contributed by atoms with Crippen molar-refractivity contribution >= 4 is 63.8 Å². The Morgan fingerprint density at radius 2 is 1.56 bits per heavy atom. The van der Waals surface area contributed by atoms with Crippen LogP contribution in [0.25, 0.3) is 0 Å². The number of anilines is 6. The van der Waals surface area contributed by atoms with Gasteiger partial charge in [0.1, 0.15) is 17.6 Å². The molecule has 4 heterocycles. The van der Waals surface area contributed by atoms with Crippen molar-refractivity contribution in [2.24, 2.45) is 0 Å². The van der Waals surface area contributed by atoms with E-state index in [-0.39, 0.29) is 46.7 Å². The third kappa shape index (κ3) is 10.4. The van der Waals surface area contributed by atoms with Crippen LogP contribution in [0.5, 0.6) is 5.75 Å². The monoisotopic (exact) mass is 883 g/mol. The van der Waals surface area contributed by atoms with E-state index in [4.69, 9.17) is 4.74 Å². The highest BCUT2D eigenvalue weighted by atomic mass is 19.4. The Balaban J connectivity index is 0.827. The van der Waals surface area contributed by atoms with E-state index in [2.05, 4.69) is 41.4 Å². The minimum absolute atomic E-state index is 0.0730. The lowest BCUT2D eigenvalue weighted by molar-refractivity contribution is -0.137. The van der Waals surface area contributed by atoms with E-state index in [0.29, 0.717) is 23.7 Å². The quantitative estimate of drug-likeness (QED) is 0.0515. The second-order valence-electron chi connectivity index (χ2n) is 15.9. The van der Waals surface area contributed by atoms with Crippen molar-refractivity contribution in [2.45, 2.75) is 63.6 Å². The number of hydrogen-bond acceptors (Lipinski definition) is 12. The molecule has 5 amide bonds. The van der Waals surface area contributed by atoms with Crippen molar-refractivity contribution in [3.05, 3.63) is 95.2 Å². The molecule has 64 heavy (non-hydrogen) atoms. The summed E-state index contributed by atoms with van der Waals surface area (Å²) >= 11 is 0. The Bertz CT molecular complexity index is 2390. The van der Waals surface area contributed by atoms with Crippen molar-refractivity contribution < 1.29 is 41.9 Å². The van der Waals surface area contributed by atoms with Crippen LogP contribution in [-0.2, 0) is 15.8 Å². The number of carbonyl (C=O) groups excluding carboxylic acids is 5. The van der Waals surface area contributed by atoms with Gasteiger partial charge in [0.15, 0.2) is 0 Å². The average molecular weight is 884 g/mol. The zero-order valence-corrected chi connectivity index (χ0v) is 35.8. The second-order valence-corrected chi connectivity index (χ2v) is 15.9. The summed E-state index contributed by atoms with van der Waals surface area (Å²) in [4.78, 5) is 72.6. The highest BCUT2D eigenvalue weighted by Gasteiger charge is 2.45. The second kappa shape index (κ2) is 20.2. The number of nitrogens with one attached hydrogen (secondary N) is 5. The summed E-state index contributed by atoms with van der Waals surface area (Å²) in [6.07, 6.45) is 2.56. The van der Waals surface area contributed by atoms with Crippen LogP contribution in [0.2, 0.25) is 0 Å². The fourth-order valence-electron chi connectivity index (χ4n) is 8.32. The van der Waals surface area contributed by atoms with Crippen molar-refractivity contribution in [3.63, 3.8) is 0 Å². The lowest BCUT2D eigenvalue weighted by Gasteiger charge is -2.36. The number of amides is 5. The predicted molar refractivity (Wildman–Crippen MR) is 237 cm³/mol. The number of imide groups is 2. The van der Waals surface area contributed by atoms with Gasteiger partial charge in [0.2, 0.25) is 11.8 Å². The van der Waals surface area contributed by atoms with E-state index in [9.17, 15) is 37.1 Å². The van der Waals surface area contributed by atoms with E-state index in [1.165, 1.54) is 32.4 Å². The van der Waals surface area contributed by atoms with Crippen molar-refractivity contribution in [1.82, 2.24) is 25.4 Å². The number of para-hydroxylation sites is 1. The zero-order valence-electron chi connectivity index (χ0n) is 35.8. The molecule has 3 aromatic carbocycles. The number of ether oxygens (including phenoxy) is 1. The number of halogens is 3. The maximum Gasteiger partial charge on any atom is 0.419 e. The summed E-state index contributed by atoms with van der Waals surface area (Å²) in [6, 6.07) is 17.3. The first-order valence-electron chi connectivity index (χ1n) is 21.5. The Kier molecular flexibility index (Phi) is 14.3. The maximum absolute atomic E-state index is 14.0. The molecule has 2 saturated heterocycles. The lowest BCUT2D eigenvalue weighted by atomic mass is 10.0. The van der Waals surface area contributed by atoms with Gasteiger partial charge >= 0.3 is 6.18 Å². The van der Waals surface area contributed by atoms with Crippen LogP contribution in [0.15, 0.2) is 72.9 Å². The third-order valence-electron chi connectivity index (χ3n) is 11.7. The van der Waals surface area contributed by atoms with Crippen LogP contribution in [0.4, 0.5) is 47.4 Å². The molecule has 3 aliphatic heterocycles. The molecular formula is C46H52F3N9O6. The van der Waals surface area contributed by atoms with Crippen LogP contribution >= 0.6 is 0 Å². The summed E-state index contributed by atoms with van der Waals surface area (Å²) in [5.41, 5.74) is 1.75. The smallest absolute Gasteiger partial charge is 0.419 e. The number of hydrogen-bond donors (Lipinski definition) is 5. The number of methoxy groups -OCH3 is 1. The van der Waals surface area contributed by atoms with E-state index in [0.717, 1.165) is 88.0 Å². The van der Waals surface area contributed by atoms with E-state index in [1.807, 2.05) is 18.2 Å². The normalized spacial score (nSPS) is 16.7.